The number of ketones is 1. The predicted molar refractivity (Wildman–Crippen MR) is 124 cm³/mol. The van der Waals surface area contributed by atoms with E-state index in [0.717, 1.165) is 46.7 Å². The molecule has 0 unspecified atom stereocenters. The van der Waals surface area contributed by atoms with Gasteiger partial charge in [0, 0.05) is 30.6 Å². The Morgan fingerprint density at radius 2 is 1.65 bits per heavy atom. The molecule has 4 heteroatoms. The molecule has 1 aliphatic rings. The van der Waals surface area contributed by atoms with E-state index in [4.69, 9.17) is 4.74 Å². The largest absolute Gasteiger partial charge is 0.497 e. The van der Waals surface area contributed by atoms with Crippen LogP contribution in [0.5, 0.6) is 5.75 Å². The van der Waals surface area contributed by atoms with Crippen molar-refractivity contribution in [2.45, 2.75) is 32.6 Å². The summed E-state index contributed by atoms with van der Waals surface area (Å²) >= 11 is 0. The normalized spacial score (nSPS) is 12.5. The van der Waals surface area contributed by atoms with Gasteiger partial charge in [-0.2, -0.15) is 0 Å². The molecule has 1 aliphatic heterocycles. The average molecular weight is 414 g/mol. The van der Waals surface area contributed by atoms with Gasteiger partial charge in [0.1, 0.15) is 5.75 Å². The SMILES string of the molecule is CCC(=O)N1CCc2cc(-c3ccc(C(=O)CCc4ccc(OC)cc4)cc3)ccc21. The van der Waals surface area contributed by atoms with E-state index >= 15 is 0 Å². The maximum atomic E-state index is 12.6. The minimum atomic E-state index is 0.144. The second-order valence-corrected chi connectivity index (χ2v) is 7.84. The molecule has 0 bridgehead atoms. The topological polar surface area (TPSA) is 46.6 Å². The molecule has 0 atom stereocenters. The summed E-state index contributed by atoms with van der Waals surface area (Å²) in [5, 5.41) is 0. The van der Waals surface area contributed by atoms with E-state index in [2.05, 4.69) is 12.1 Å². The van der Waals surface area contributed by atoms with Crippen molar-refractivity contribution in [3.8, 4) is 16.9 Å². The highest BCUT2D eigenvalue weighted by atomic mass is 16.5. The van der Waals surface area contributed by atoms with Crippen molar-refractivity contribution < 1.29 is 14.3 Å². The Hall–Kier alpha value is -3.40. The Kier molecular flexibility index (Phi) is 6.17. The number of fused-ring (bicyclic) bond motifs is 1. The lowest BCUT2D eigenvalue weighted by Gasteiger charge is -2.16. The van der Waals surface area contributed by atoms with Crippen LogP contribution in [0.2, 0.25) is 0 Å². The number of hydrogen-bond acceptors (Lipinski definition) is 3. The first-order chi connectivity index (χ1) is 15.1. The number of Topliss-reactive ketones (excluding diaryl/α,β-unsaturated/α-hetero) is 1. The summed E-state index contributed by atoms with van der Waals surface area (Å²) < 4.78 is 5.17. The first kappa shape index (κ1) is 20.9. The van der Waals surface area contributed by atoms with E-state index < -0.39 is 0 Å². The van der Waals surface area contributed by atoms with Gasteiger partial charge in [-0.1, -0.05) is 49.4 Å². The minimum absolute atomic E-state index is 0.144. The highest BCUT2D eigenvalue weighted by Gasteiger charge is 2.23. The molecule has 31 heavy (non-hydrogen) atoms. The first-order valence-corrected chi connectivity index (χ1v) is 10.8. The van der Waals surface area contributed by atoms with E-state index in [9.17, 15) is 9.59 Å². The summed E-state index contributed by atoms with van der Waals surface area (Å²) in [4.78, 5) is 26.6. The Bertz CT molecular complexity index is 1080. The fourth-order valence-electron chi connectivity index (χ4n) is 4.07. The second kappa shape index (κ2) is 9.17. The van der Waals surface area contributed by atoms with Crippen LogP contribution in [0.1, 0.15) is 41.3 Å². The third kappa shape index (κ3) is 4.53. The van der Waals surface area contributed by atoms with Crippen molar-refractivity contribution >= 4 is 17.4 Å². The molecule has 3 aromatic carbocycles. The van der Waals surface area contributed by atoms with Crippen molar-refractivity contribution in [1.29, 1.82) is 0 Å². The van der Waals surface area contributed by atoms with Crippen LogP contribution < -0.4 is 9.64 Å². The van der Waals surface area contributed by atoms with Crippen LogP contribution in [0.25, 0.3) is 11.1 Å². The number of amides is 1. The van der Waals surface area contributed by atoms with Gasteiger partial charge >= 0.3 is 0 Å². The number of benzene rings is 3. The number of methoxy groups -OCH3 is 1. The van der Waals surface area contributed by atoms with Crippen LogP contribution >= 0.6 is 0 Å². The second-order valence-electron chi connectivity index (χ2n) is 7.84. The molecule has 0 radical (unpaired) electrons. The average Bonchev–Trinajstić information content (AvgIpc) is 3.25. The predicted octanol–water partition coefficient (Wildman–Crippen LogP) is 5.48. The molecule has 158 valence electrons. The fourth-order valence-corrected chi connectivity index (χ4v) is 4.07. The van der Waals surface area contributed by atoms with Crippen LogP contribution in [0.15, 0.2) is 66.7 Å². The zero-order valence-electron chi connectivity index (χ0n) is 18.1. The van der Waals surface area contributed by atoms with Crippen molar-refractivity contribution in [3.05, 3.63) is 83.4 Å². The molecule has 1 amide bonds. The summed E-state index contributed by atoms with van der Waals surface area (Å²) in [6.07, 6.45) is 2.60. The quantitative estimate of drug-likeness (QED) is 0.482. The maximum absolute atomic E-state index is 12.6. The van der Waals surface area contributed by atoms with Crippen LogP contribution in [-0.2, 0) is 17.6 Å². The van der Waals surface area contributed by atoms with Crippen molar-refractivity contribution in [1.82, 2.24) is 0 Å². The summed E-state index contributed by atoms with van der Waals surface area (Å²) in [7, 11) is 1.65. The molecule has 0 aromatic heterocycles. The zero-order valence-corrected chi connectivity index (χ0v) is 18.1. The molecule has 3 aromatic rings. The van der Waals surface area contributed by atoms with Gasteiger partial charge in [-0.05, 0) is 59.4 Å². The standard InChI is InChI=1S/C27H27NO3/c1-3-27(30)28-17-16-23-18-22(11-14-25(23)28)20-7-9-21(10-8-20)26(29)15-6-19-4-12-24(31-2)13-5-19/h4-5,7-14,18H,3,6,15-17H2,1-2H3. The molecule has 0 N–H and O–H groups in total. The Morgan fingerprint density at radius 1 is 0.935 bits per heavy atom. The first-order valence-electron chi connectivity index (χ1n) is 10.8. The number of carbonyl (C=O) groups excluding carboxylic acids is 2. The Labute approximate surface area is 183 Å². The number of hydrogen-bond donors (Lipinski definition) is 0. The zero-order chi connectivity index (χ0) is 21.8. The van der Waals surface area contributed by atoms with Gasteiger partial charge in [-0.3, -0.25) is 9.59 Å². The van der Waals surface area contributed by atoms with Crippen molar-refractivity contribution in [2.75, 3.05) is 18.6 Å². The van der Waals surface area contributed by atoms with E-state index in [1.54, 1.807) is 7.11 Å². The van der Waals surface area contributed by atoms with Gasteiger partial charge in [-0.25, -0.2) is 0 Å². The Balaban J connectivity index is 1.42. The third-order valence-corrected chi connectivity index (χ3v) is 5.92. The fraction of sp³-hybridized carbons (Fsp3) is 0.259. The molecule has 4 rings (SSSR count). The smallest absolute Gasteiger partial charge is 0.226 e. The van der Waals surface area contributed by atoms with Crippen LogP contribution in [-0.4, -0.2) is 25.3 Å². The molecule has 0 spiro atoms. The molecule has 0 aliphatic carbocycles. The molecular weight excluding hydrogens is 386 g/mol. The van der Waals surface area contributed by atoms with E-state index in [0.29, 0.717) is 19.3 Å². The molecule has 0 saturated carbocycles. The maximum Gasteiger partial charge on any atom is 0.226 e. The van der Waals surface area contributed by atoms with Crippen LogP contribution in [0.4, 0.5) is 5.69 Å². The number of carbonyl (C=O) groups is 2. The summed E-state index contributed by atoms with van der Waals surface area (Å²) in [5.41, 5.74) is 6.29. The monoisotopic (exact) mass is 413 g/mol. The van der Waals surface area contributed by atoms with E-state index in [1.165, 1.54) is 5.56 Å². The number of ether oxygens (including phenoxy) is 1. The van der Waals surface area contributed by atoms with Gasteiger partial charge in [0.25, 0.3) is 0 Å². The lowest BCUT2D eigenvalue weighted by atomic mass is 9.98. The number of nitrogens with zero attached hydrogens (tertiary/aromatic N) is 1. The minimum Gasteiger partial charge on any atom is -0.497 e. The molecule has 1 heterocycles. The van der Waals surface area contributed by atoms with Crippen LogP contribution in [0, 0.1) is 0 Å². The lowest BCUT2D eigenvalue weighted by Crippen LogP contribution is -2.27. The summed E-state index contributed by atoms with van der Waals surface area (Å²) in [6, 6.07) is 21.9. The number of rotatable bonds is 7. The Morgan fingerprint density at radius 3 is 2.32 bits per heavy atom. The highest BCUT2D eigenvalue weighted by molar-refractivity contribution is 5.97. The number of anilines is 1. The molecular formula is C27H27NO3. The van der Waals surface area contributed by atoms with Gasteiger partial charge in [0.15, 0.2) is 5.78 Å². The van der Waals surface area contributed by atoms with Gasteiger partial charge in [-0.15, -0.1) is 0 Å². The van der Waals surface area contributed by atoms with Crippen molar-refractivity contribution in [2.24, 2.45) is 0 Å². The highest BCUT2D eigenvalue weighted by Crippen LogP contribution is 2.33. The number of aryl methyl sites for hydroxylation is 1. The molecule has 0 saturated heterocycles. The van der Waals surface area contributed by atoms with Gasteiger partial charge in [0.05, 0.1) is 7.11 Å². The molecule has 4 nitrogen and oxygen atoms in total. The van der Waals surface area contributed by atoms with Gasteiger partial charge in [0.2, 0.25) is 5.91 Å². The molecule has 0 fully saturated rings. The van der Waals surface area contributed by atoms with E-state index in [1.807, 2.05) is 66.4 Å². The lowest BCUT2D eigenvalue weighted by molar-refractivity contribution is -0.118. The summed E-state index contributed by atoms with van der Waals surface area (Å²) in [6.45, 7) is 2.65. The van der Waals surface area contributed by atoms with E-state index in [-0.39, 0.29) is 11.7 Å². The third-order valence-electron chi connectivity index (χ3n) is 5.92. The van der Waals surface area contributed by atoms with Crippen LogP contribution in [0.3, 0.4) is 0 Å². The summed E-state index contributed by atoms with van der Waals surface area (Å²) in [5.74, 6) is 1.14. The van der Waals surface area contributed by atoms with Crippen molar-refractivity contribution in [3.63, 3.8) is 0 Å². The van der Waals surface area contributed by atoms with Gasteiger partial charge < -0.3 is 9.64 Å².